The fourth-order valence-electron chi connectivity index (χ4n) is 2.63. The van der Waals surface area contributed by atoms with Crippen LogP contribution >= 0.6 is 0 Å². The Morgan fingerprint density at radius 3 is 2.79 bits per heavy atom. The first-order chi connectivity index (χ1) is 9.10. The minimum Gasteiger partial charge on any atom is -0.462 e. The third-order valence-corrected chi connectivity index (χ3v) is 3.80. The van der Waals surface area contributed by atoms with Gasteiger partial charge in [-0.1, -0.05) is 19.3 Å². The number of ether oxygens (including phenoxy) is 1. The van der Waals surface area contributed by atoms with Crippen molar-refractivity contribution in [2.24, 2.45) is 0 Å². The molecule has 1 aliphatic carbocycles. The number of rotatable bonds is 3. The van der Waals surface area contributed by atoms with Crippen LogP contribution in [0.1, 0.15) is 62.0 Å². The van der Waals surface area contributed by atoms with Crippen molar-refractivity contribution >= 4 is 5.97 Å². The lowest BCUT2D eigenvalue weighted by molar-refractivity contribution is 0.0525. The number of carbonyl (C=O) groups is 1. The van der Waals surface area contributed by atoms with Crippen LogP contribution in [0.15, 0.2) is 6.20 Å². The number of hydrogen-bond acceptors (Lipinski definition) is 4. The van der Waals surface area contributed by atoms with Crippen LogP contribution in [0.5, 0.6) is 0 Å². The van der Waals surface area contributed by atoms with E-state index in [-0.39, 0.29) is 16.8 Å². The van der Waals surface area contributed by atoms with Gasteiger partial charge in [-0.05, 0) is 26.7 Å². The van der Waals surface area contributed by atoms with E-state index in [9.17, 15) is 4.79 Å². The molecule has 1 aliphatic rings. The number of esters is 1. The smallest absolute Gasteiger partial charge is 0.342 e. The highest BCUT2D eigenvalue weighted by Gasteiger charge is 2.31. The number of hydrogen-bond donors (Lipinski definition) is 0. The Morgan fingerprint density at radius 2 is 2.21 bits per heavy atom. The van der Waals surface area contributed by atoms with Crippen molar-refractivity contribution in [3.8, 4) is 6.07 Å². The van der Waals surface area contributed by atoms with Crippen LogP contribution < -0.4 is 0 Å². The lowest BCUT2D eigenvalue weighted by Gasteiger charge is -2.33. The van der Waals surface area contributed by atoms with Crippen LogP contribution in [-0.2, 0) is 10.3 Å². The zero-order valence-electron chi connectivity index (χ0n) is 11.5. The van der Waals surface area contributed by atoms with E-state index in [0.29, 0.717) is 6.61 Å². The van der Waals surface area contributed by atoms with Crippen molar-refractivity contribution in [3.05, 3.63) is 17.5 Å². The molecule has 0 saturated heterocycles. The molecule has 0 unspecified atom stereocenters. The normalized spacial score (nSPS) is 17.7. The Labute approximate surface area is 113 Å². The predicted molar refractivity (Wildman–Crippen MR) is 69.6 cm³/mol. The van der Waals surface area contributed by atoms with Crippen LogP contribution in [0.3, 0.4) is 0 Å². The van der Waals surface area contributed by atoms with E-state index in [2.05, 4.69) is 12.0 Å². The number of aromatic nitrogens is 2. The van der Waals surface area contributed by atoms with Crippen molar-refractivity contribution in [1.29, 1.82) is 5.26 Å². The first kappa shape index (κ1) is 13.6. The second-order valence-corrected chi connectivity index (χ2v) is 5.23. The van der Waals surface area contributed by atoms with Crippen LogP contribution in [0, 0.1) is 11.3 Å². The Kier molecular flexibility index (Phi) is 3.89. The summed E-state index contributed by atoms with van der Waals surface area (Å²) in [5, 5.41) is 13.4. The summed E-state index contributed by atoms with van der Waals surface area (Å²) < 4.78 is 6.75. The third kappa shape index (κ3) is 2.62. The van der Waals surface area contributed by atoms with Crippen LogP contribution in [0.2, 0.25) is 0 Å². The Balaban J connectivity index is 2.33. The van der Waals surface area contributed by atoms with Gasteiger partial charge in [-0.3, -0.25) is 4.68 Å². The van der Waals surface area contributed by atoms with Crippen LogP contribution in [0.25, 0.3) is 0 Å². The number of nitriles is 1. The van der Waals surface area contributed by atoms with Crippen molar-refractivity contribution in [3.63, 3.8) is 0 Å². The van der Waals surface area contributed by atoms with E-state index >= 15 is 0 Å². The van der Waals surface area contributed by atoms with Gasteiger partial charge in [0, 0.05) is 6.20 Å². The minimum absolute atomic E-state index is 0.0887. The average Bonchev–Trinajstić information content (AvgIpc) is 2.85. The maximum Gasteiger partial charge on any atom is 0.342 e. The van der Waals surface area contributed by atoms with E-state index in [4.69, 9.17) is 10.00 Å². The quantitative estimate of drug-likeness (QED) is 0.784. The predicted octanol–water partition coefficient (Wildman–Crippen LogP) is 2.61. The zero-order valence-corrected chi connectivity index (χ0v) is 11.5. The van der Waals surface area contributed by atoms with Gasteiger partial charge in [-0.2, -0.15) is 10.4 Å². The lowest BCUT2D eigenvalue weighted by Crippen LogP contribution is -2.33. The molecule has 1 saturated carbocycles. The topological polar surface area (TPSA) is 67.9 Å². The lowest BCUT2D eigenvalue weighted by atomic mass is 9.83. The van der Waals surface area contributed by atoms with Crippen molar-refractivity contribution in [1.82, 2.24) is 9.78 Å². The molecule has 102 valence electrons. The van der Waals surface area contributed by atoms with E-state index in [0.717, 1.165) is 25.7 Å². The average molecular weight is 261 g/mol. The van der Waals surface area contributed by atoms with Gasteiger partial charge in [0.05, 0.1) is 12.1 Å². The molecule has 0 amide bonds. The molecule has 1 aromatic heterocycles. The Hall–Kier alpha value is -1.83. The van der Waals surface area contributed by atoms with Crippen molar-refractivity contribution < 1.29 is 9.53 Å². The maximum absolute atomic E-state index is 11.8. The fraction of sp³-hybridized carbons (Fsp3) is 0.643. The third-order valence-electron chi connectivity index (χ3n) is 3.80. The molecular formula is C14H19N3O2. The summed E-state index contributed by atoms with van der Waals surface area (Å²) in [5.74, 6) is -0.468. The van der Waals surface area contributed by atoms with E-state index in [1.165, 1.54) is 6.42 Å². The zero-order chi connectivity index (χ0) is 13.9. The molecule has 19 heavy (non-hydrogen) atoms. The second kappa shape index (κ2) is 5.43. The second-order valence-electron chi connectivity index (χ2n) is 5.23. The van der Waals surface area contributed by atoms with Gasteiger partial charge in [-0.15, -0.1) is 0 Å². The van der Waals surface area contributed by atoms with Gasteiger partial charge in [0.25, 0.3) is 0 Å². The molecule has 2 rings (SSSR count). The molecule has 0 atom stereocenters. The molecule has 5 heteroatoms. The summed E-state index contributed by atoms with van der Waals surface area (Å²) in [6.07, 6.45) is 7.29. The standard InChI is InChI=1S/C14H19N3O2/c1-3-19-13(18)11-10-17(16-12(11)9-15)14(2)7-5-4-6-8-14/h10H,3-8H2,1-2H3. The highest BCUT2D eigenvalue weighted by Crippen LogP contribution is 2.34. The summed E-state index contributed by atoms with van der Waals surface area (Å²) in [6, 6.07) is 1.98. The Bertz CT molecular complexity index is 507. The number of nitrogens with zero attached hydrogens (tertiary/aromatic N) is 3. The van der Waals surface area contributed by atoms with Crippen LogP contribution in [0.4, 0.5) is 0 Å². The van der Waals surface area contributed by atoms with Crippen molar-refractivity contribution in [2.45, 2.75) is 51.5 Å². The molecule has 1 heterocycles. The fourth-order valence-corrected chi connectivity index (χ4v) is 2.63. The minimum atomic E-state index is -0.468. The number of carbonyl (C=O) groups excluding carboxylic acids is 1. The molecule has 5 nitrogen and oxygen atoms in total. The summed E-state index contributed by atoms with van der Waals surface area (Å²) in [4.78, 5) is 11.8. The van der Waals surface area contributed by atoms with Crippen LogP contribution in [-0.4, -0.2) is 22.4 Å². The van der Waals surface area contributed by atoms with E-state index < -0.39 is 5.97 Å². The monoisotopic (exact) mass is 261 g/mol. The van der Waals surface area contributed by atoms with Gasteiger partial charge >= 0.3 is 5.97 Å². The van der Waals surface area contributed by atoms with Gasteiger partial charge in [-0.25, -0.2) is 4.79 Å². The molecule has 0 radical (unpaired) electrons. The molecular weight excluding hydrogens is 242 g/mol. The first-order valence-corrected chi connectivity index (χ1v) is 6.78. The van der Waals surface area contributed by atoms with Gasteiger partial charge in [0.2, 0.25) is 0 Å². The first-order valence-electron chi connectivity index (χ1n) is 6.78. The molecule has 0 aromatic carbocycles. The maximum atomic E-state index is 11.8. The van der Waals surface area contributed by atoms with E-state index in [1.54, 1.807) is 17.8 Å². The van der Waals surface area contributed by atoms with Gasteiger partial charge in [0.15, 0.2) is 5.69 Å². The highest BCUT2D eigenvalue weighted by atomic mass is 16.5. The van der Waals surface area contributed by atoms with Crippen molar-refractivity contribution in [2.75, 3.05) is 6.61 Å². The molecule has 0 aliphatic heterocycles. The van der Waals surface area contributed by atoms with Gasteiger partial charge < -0.3 is 4.74 Å². The Morgan fingerprint density at radius 1 is 1.53 bits per heavy atom. The SMILES string of the molecule is CCOC(=O)c1cn(C2(C)CCCCC2)nc1C#N. The molecule has 1 aromatic rings. The van der Waals surface area contributed by atoms with E-state index in [1.807, 2.05) is 6.07 Å². The largest absolute Gasteiger partial charge is 0.462 e. The molecule has 0 bridgehead atoms. The molecule has 0 N–H and O–H groups in total. The molecule has 0 spiro atoms. The highest BCUT2D eigenvalue weighted by molar-refractivity contribution is 5.91. The summed E-state index contributed by atoms with van der Waals surface area (Å²) in [7, 11) is 0. The van der Waals surface area contributed by atoms with Gasteiger partial charge in [0.1, 0.15) is 11.6 Å². The summed E-state index contributed by atoms with van der Waals surface area (Å²) >= 11 is 0. The summed E-state index contributed by atoms with van der Waals surface area (Å²) in [6.45, 7) is 4.18. The molecule has 1 fully saturated rings. The summed E-state index contributed by atoms with van der Waals surface area (Å²) in [5.41, 5.74) is 0.343.